The van der Waals surface area contributed by atoms with Gasteiger partial charge in [0.1, 0.15) is 0 Å². The van der Waals surface area contributed by atoms with Gasteiger partial charge in [-0.1, -0.05) is 13.8 Å². The Bertz CT molecular complexity index is 303. The number of aliphatic carboxylic acids is 1. The van der Waals surface area contributed by atoms with Gasteiger partial charge in [0.05, 0.1) is 0 Å². The molecule has 0 aromatic carbocycles. The van der Waals surface area contributed by atoms with E-state index in [1.54, 1.807) is 4.90 Å². The van der Waals surface area contributed by atoms with E-state index in [0.717, 1.165) is 0 Å². The Morgan fingerprint density at radius 3 is 2.44 bits per heavy atom. The SMILES string of the molecule is CC1CN(C(=O)NCCC(O)C(=O)O)CC(C)S1. The maximum atomic E-state index is 11.8. The zero-order valence-electron chi connectivity index (χ0n) is 10.6. The zero-order valence-corrected chi connectivity index (χ0v) is 11.4. The zero-order chi connectivity index (χ0) is 13.7. The molecule has 7 heteroatoms. The second-order valence-electron chi connectivity index (χ2n) is 4.54. The first kappa shape index (κ1) is 15.1. The number of aliphatic hydroxyl groups excluding tert-OH is 1. The first-order valence-corrected chi connectivity index (χ1v) is 6.93. The van der Waals surface area contributed by atoms with E-state index in [1.807, 2.05) is 11.8 Å². The van der Waals surface area contributed by atoms with Crippen LogP contribution in [-0.2, 0) is 4.79 Å². The molecule has 0 aliphatic carbocycles. The summed E-state index contributed by atoms with van der Waals surface area (Å²) in [5, 5.41) is 21.0. The molecule has 1 aliphatic heterocycles. The van der Waals surface area contributed by atoms with E-state index in [-0.39, 0.29) is 19.0 Å². The van der Waals surface area contributed by atoms with Crippen LogP contribution in [0, 0.1) is 0 Å². The monoisotopic (exact) mass is 276 g/mol. The Labute approximate surface area is 111 Å². The average molecular weight is 276 g/mol. The Hall–Kier alpha value is -0.950. The smallest absolute Gasteiger partial charge is 0.332 e. The highest BCUT2D eigenvalue weighted by Crippen LogP contribution is 2.24. The van der Waals surface area contributed by atoms with Crippen molar-refractivity contribution < 1.29 is 19.8 Å². The van der Waals surface area contributed by atoms with Crippen molar-refractivity contribution in [1.82, 2.24) is 10.2 Å². The van der Waals surface area contributed by atoms with Crippen molar-refractivity contribution >= 4 is 23.8 Å². The highest BCUT2D eigenvalue weighted by Gasteiger charge is 2.25. The van der Waals surface area contributed by atoms with Gasteiger partial charge in [0.2, 0.25) is 0 Å². The summed E-state index contributed by atoms with van der Waals surface area (Å²) >= 11 is 1.86. The first-order valence-electron chi connectivity index (χ1n) is 5.99. The van der Waals surface area contributed by atoms with Crippen LogP contribution in [0.15, 0.2) is 0 Å². The Kier molecular flexibility index (Phi) is 5.74. The molecule has 0 aromatic heterocycles. The third-order valence-corrected chi connectivity index (χ3v) is 3.91. The summed E-state index contributed by atoms with van der Waals surface area (Å²) in [7, 11) is 0. The molecule has 1 rings (SSSR count). The van der Waals surface area contributed by atoms with E-state index >= 15 is 0 Å². The largest absolute Gasteiger partial charge is 0.479 e. The lowest BCUT2D eigenvalue weighted by Gasteiger charge is -2.34. The molecule has 0 aromatic rings. The summed E-state index contributed by atoms with van der Waals surface area (Å²) in [6.07, 6.45) is -1.39. The van der Waals surface area contributed by atoms with E-state index in [4.69, 9.17) is 10.2 Å². The van der Waals surface area contributed by atoms with Crippen molar-refractivity contribution in [3.05, 3.63) is 0 Å². The number of hydrogen-bond acceptors (Lipinski definition) is 4. The molecule has 1 heterocycles. The predicted octanol–water partition coefficient (Wildman–Crippen LogP) is 0.357. The van der Waals surface area contributed by atoms with Crippen molar-refractivity contribution in [2.24, 2.45) is 0 Å². The van der Waals surface area contributed by atoms with E-state index in [0.29, 0.717) is 23.6 Å². The molecule has 3 N–H and O–H groups in total. The lowest BCUT2D eigenvalue weighted by molar-refractivity contribution is -0.146. The third-order valence-electron chi connectivity index (χ3n) is 2.69. The van der Waals surface area contributed by atoms with Gasteiger partial charge in [-0.05, 0) is 0 Å². The topological polar surface area (TPSA) is 89.9 Å². The van der Waals surface area contributed by atoms with Crippen LogP contribution >= 0.6 is 11.8 Å². The van der Waals surface area contributed by atoms with Crippen LogP contribution in [0.2, 0.25) is 0 Å². The highest BCUT2D eigenvalue weighted by molar-refractivity contribution is 8.00. The second kappa shape index (κ2) is 6.84. The summed E-state index contributed by atoms with van der Waals surface area (Å²) in [6, 6.07) is -0.188. The third kappa shape index (κ3) is 4.73. The maximum absolute atomic E-state index is 11.8. The molecule has 1 saturated heterocycles. The van der Waals surface area contributed by atoms with Crippen molar-refractivity contribution in [1.29, 1.82) is 0 Å². The number of carboxylic acid groups (broad SMARTS) is 1. The molecule has 1 fully saturated rings. The van der Waals surface area contributed by atoms with Crippen LogP contribution in [-0.4, -0.2) is 63.4 Å². The molecule has 6 nitrogen and oxygen atoms in total. The van der Waals surface area contributed by atoms with Gasteiger partial charge in [-0.3, -0.25) is 0 Å². The minimum atomic E-state index is -1.42. The number of aliphatic hydroxyl groups is 1. The molecule has 1 aliphatic rings. The van der Waals surface area contributed by atoms with Gasteiger partial charge >= 0.3 is 12.0 Å². The number of amides is 2. The number of nitrogens with zero attached hydrogens (tertiary/aromatic N) is 1. The van der Waals surface area contributed by atoms with Gasteiger partial charge in [-0.25, -0.2) is 9.59 Å². The lowest BCUT2D eigenvalue weighted by Crippen LogP contribution is -2.49. The van der Waals surface area contributed by atoms with Gasteiger partial charge in [-0.15, -0.1) is 0 Å². The number of carboxylic acids is 1. The molecule has 104 valence electrons. The average Bonchev–Trinajstić information content (AvgIpc) is 2.27. The fraction of sp³-hybridized carbons (Fsp3) is 0.818. The molecule has 0 bridgehead atoms. The lowest BCUT2D eigenvalue weighted by atomic mass is 10.2. The minimum absolute atomic E-state index is 0.0226. The summed E-state index contributed by atoms with van der Waals surface area (Å²) in [6.45, 7) is 5.72. The molecular weight excluding hydrogens is 256 g/mol. The molecule has 3 atom stereocenters. The molecular formula is C11H20N2O4S. The van der Waals surface area contributed by atoms with E-state index in [9.17, 15) is 9.59 Å². The van der Waals surface area contributed by atoms with Crippen molar-refractivity contribution in [2.75, 3.05) is 19.6 Å². The predicted molar refractivity (Wildman–Crippen MR) is 69.7 cm³/mol. The standard InChI is InChI=1S/C11H20N2O4S/c1-7-5-13(6-8(2)18-7)11(17)12-4-3-9(14)10(15)16/h7-9,14H,3-6H2,1-2H3,(H,12,17)(H,15,16). The summed E-state index contributed by atoms with van der Waals surface area (Å²) in [5.41, 5.74) is 0. The van der Waals surface area contributed by atoms with Gasteiger partial charge in [0.15, 0.2) is 6.10 Å². The maximum Gasteiger partial charge on any atom is 0.332 e. The van der Waals surface area contributed by atoms with Crippen LogP contribution in [0.4, 0.5) is 4.79 Å². The minimum Gasteiger partial charge on any atom is -0.479 e. The Morgan fingerprint density at radius 2 is 1.94 bits per heavy atom. The van der Waals surface area contributed by atoms with Gasteiger partial charge in [-0.2, -0.15) is 11.8 Å². The summed E-state index contributed by atoms with van der Waals surface area (Å²) in [5.74, 6) is -1.26. The summed E-state index contributed by atoms with van der Waals surface area (Å²) in [4.78, 5) is 23.9. The Balaban J connectivity index is 2.30. The van der Waals surface area contributed by atoms with Gasteiger partial charge in [0, 0.05) is 36.6 Å². The van der Waals surface area contributed by atoms with Crippen LogP contribution in [0.1, 0.15) is 20.3 Å². The van der Waals surface area contributed by atoms with Crippen LogP contribution < -0.4 is 5.32 Å². The molecule has 2 amide bonds. The second-order valence-corrected chi connectivity index (χ2v) is 6.42. The van der Waals surface area contributed by atoms with Gasteiger partial charge < -0.3 is 20.4 Å². The van der Waals surface area contributed by atoms with E-state index < -0.39 is 12.1 Å². The molecule has 0 spiro atoms. The number of rotatable bonds is 4. The van der Waals surface area contributed by atoms with Crippen LogP contribution in [0.3, 0.4) is 0 Å². The van der Waals surface area contributed by atoms with Crippen molar-refractivity contribution in [3.63, 3.8) is 0 Å². The Morgan fingerprint density at radius 1 is 1.39 bits per heavy atom. The van der Waals surface area contributed by atoms with Crippen molar-refractivity contribution in [3.8, 4) is 0 Å². The number of urea groups is 1. The molecule has 0 radical (unpaired) electrons. The number of thioether (sulfide) groups is 1. The quantitative estimate of drug-likeness (QED) is 0.689. The van der Waals surface area contributed by atoms with Crippen molar-refractivity contribution in [2.45, 2.75) is 36.9 Å². The number of hydrogen-bond donors (Lipinski definition) is 3. The normalized spacial score (nSPS) is 25.6. The van der Waals surface area contributed by atoms with Crippen LogP contribution in [0.25, 0.3) is 0 Å². The van der Waals surface area contributed by atoms with E-state index in [1.165, 1.54) is 0 Å². The summed E-state index contributed by atoms with van der Waals surface area (Å²) < 4.78 is 0. The molecule has 18 heavy (non-hydrogen) atoms. The fourth-order valence-electron chi connectivity index (χ4n) is 1.89. The number of carbonyl (C=O) groups excluding carboxylic acids is 1. The first-order chi connectivity index (χ1) is 8.40. The fourth-order valence-corrected chi connectivity index (χ4v) is 3.22. The highest BCUT2D eigenvalue weighted by atomic mass is 32.2. The van der Waals surface area contributed by atoms with E-state index in [2.05, 4.69) is 19.2 Å². The van der Waals surface area contributed by atoms with Gasteiger partial charge in [0.25, 0.3) is 0 Å². The number of carbonyl (C=O) groups is 2. The number of nitrogens with one attached hydrogen (secondary N) is 1. The van der Waals surface area contributed by atoms with Crippen LogP contribution in [0.5, 0.6) is 0 Å². The molecule has 0 saturated carbocycles. The molecule has 3 unspecified atom stereocenters.